The summed E-state index contributed by atoms with van der Waals surface area (Å²) in [5.41, 5.74) is 0. The molecule has 0 saturated carbocycles. The Morgan fingerprint density at radius 1 is 0.700 bits per heavy atom. The van der Waals surface area contributed by atoms with E-state index >= 15 is 0 Å². The van der Waals surface area contributed by atoms with Gasteiger partial charge in [0.1, 0.15) is 48.8 Å². The second kappa shape index (κ2) is 25.7. The molecule has 2 aliphatic heterocycles. The molecule has 9 N–H and O–H groups in total. The van der Waals surface area contributed by atoms with Gasteiger partial charge in [-0.2, -0.15) is 0 Å². The van der Waals surface area contributed by atoms with Crippen LogP contribution in [0, 0.1) is 0 Å². The third-order valence-electron chi connectivity index (χ3n) is 9.47. The van der Waals surface area contributed by atoms with Crippen molar-refractivity contribution in [1.82, 2.24) is 5.32 Å². The Morgan fingerprint density at radius 2 is 1.24 bits per heavy atom. The van der Waals surface area contributed by atoms with Crippen molar-refractivity contribution in [3.05, 3.63) is 12.2 Å². The molecule has 2 heterocycles. The summed E-state index contributed by atoms with van der Waals surface area (Å²) in [5, 5.41) is 85.7. The van der Waals surface area contributed by atoms with Crippen molar-refractivity contribution < 1.29 is 64.6 Å². The van der Waals surface area contributed by atoms with Crippen LogP contribution < -0.4 is 5.32 Å². The minimum Gasteiger partial charge on any atom is -0.394 e. The average Bonchev–Trinajstić information content (AvgIpc) is 3.11. The first-order valence-electron chi connectivity index (χ1n) is 18.9. The van der Waals surface area contributed by atoms with E-state index in [1.54, 1.807) is 6.08 Å². The van der Waals surface area contributed by atoms with Gasteiger partial charge in [0.05, 0.1) is 32.0 Å². The predicted octanol–water partition coefficient (Wildman–Crippen LogP) is 1.31. The number of hydrogen-bond acceptors (Lipinski definition) is 13. The summed E-state index contributed by atoms with van der Waals surface area (Å²) < 4.78 is 22.4. The van der Waals surface area contributed by atoms with Crippen LogP contribution in [-0.4, -0.2) is 140 Å². The van der Waals surface area contributed by atoms with Gasteiger partial charge in [-0.1, -0.05) is 103 Å². The smallest absolute Gasteiger partial charge is 0.220 e. The summed E-state index contributed by atoms with van der Waals surface area (Å²) in [6, 6.07) is -0.902. The maximum atomic E-state index is 12.8. The number of hydrogen-bond donors (Lipinski definition) is 9. The van der Waals surface area contributed by atoms with Crippen molar-refractivity contribution >= 4 is 5.91 Å². The standard InChI is InChI=1S/C36H67NO13/c1-3-5-7-9-10-11-12-13-14-16-17-19-25(40)24(37-28(41)20-18-15-8-6-4-2)23-47-35-33(46)31(44)34(27(22-39)49-35)50-36-32(45)30(43)29(42)26(21-38)48-36/h17,19,24-27,29-36,38-40,42-46H,3-16,18,20-23H2,1-2H3,(H,37,41)/b19-17+. The van der Waals surface area contributed by atoms with Crippen LogP contribution in [0.2, 0.25) is 0 Å². The molecule has 2 aliphatic rings. The highest BCUT2D eigenvalue weighted by molar-refractivity contribution is 5.76. The van der Waals surface area contributed by atoms with E-state index in [0.717, 1.165) is 44.9 Å². The summed E-state index contributed by atoms with van der Waals surface area (Å²) in [7, 11) is 0. The van der Waals surface area contributed by atoms with Crippen molar-refractivity contribution in [2.24, 2.45) is 0 Å². The average molecular weight is 722 g/mol. The largest absolute Gasteiger partial charge is 0.394 e. The first-order valence-corrected chi connectivity index (χ1v) is 18.9. The number of aliphatic hydroxyl groups excluding tert-OH is 8. The lowest BCUT2D eigenvalue weighted by Crippen LogP contribution is -2.65. The topological polar surface area (TPSA) is 228 Å². The number of nitrogens with one attached hydrogen (secondary N) is 1. The third kappa shape index (κ3) is 15.4. The maximum Gasteiger partial charge on any atom is 0.220 e. The van der Waals surface area contributed by atoms with Gasteiger partial charge in [0, 0.05) is 6.42 Å². The van der Waals surface area contributed by atoms with Gasteiger partial charge in [0.15, 0.2) is 12.6 Å². The highest BCUT2D eigenvalue weighted by Gasteiger charge is 2.50. The van der Waals surface area contributed by atoms with Crippen molar-refractivity contribution in [2.45, 2.75) is 190 Å². The minimum absolute atomic E-state index is 0.257. The molecule has 2 saturated heterocycles. The Balaban J connectivity index is 1.97. The van der Waals surface area contributed by atoms with Crippen LogP contribution in [0.15, 0.2) is 12.2 Å². The first-order chi connectivity index (χ1) is 24.1. The Kier molecular flexibility index (Phi) is 23.0. The summed E-state index contributed by atoms with van der Waals surface area (Å²) in [6.07, 6.45) is 3.31. The van der Waals surface area contributed by atoms with Crippen LogP contribution in [0.5, 0.6) is 0 Å². The molecule has 0 radical (unpaired) electrons. The van der Waals surface area contributed by atoms with Gasteiger partial charge in [0.2, 0.25) is 5.91 Å². The molecule has 14 nitrogen and oxygen atoms in total. The second-order valence-electron chi connectivity index (χ2n) is 13.7. The second-order valence-corrected chi connectivity index (χ2v) is 13.7. The lowest BCUT2D eigenvalue weighted by atomic mass is 9.97. The summed E-state index contributed by atoms with van der Waals surface area (Å²) >= 11 is 0. The SMILES string of the molecule is CCCCCCCCCCC/C=C/C(O)C(COC1OC(CO)C(OC2OC(CO)C(O)C(O)C2O)C(O)C1O)NC(=O)CCCCCCC. The number of amides is 1. The van der Waals surface area contributed by atoms with E-state index < -0.39 is 86.8 Å². The normalized spacial score (nSPS) is 31.6. The molecule has 12 atom stereocenters. The fourth-order valence-corrected chi connectivity index (χ4v) is 6.23. The Labute approximate surface area is 297 Å². The lowest BCUT2D eigenvalue weighted by Gasteiger charge is -2.46. The van der Waals surface area contributed by atoms with Gasteiger partial charge in [-0.3, -0.25) is 4.79 Å². The van der Waals surface area contributed by atoms with Crippen LogP contribution in [0.1, 0.15) is 117 Å². The number of carbonyl (C=O) groups is 1. The van der Waals surface area contributed by atoms with E-state index in [4.69, 9.17) is 18.9 Å². The van der Waals surface area contributed by atoms with Gasteiger partial charge < -0.3 is 65.1 Å². The van der Waals surface area contributed by atoms with E-state index in [0.29, 0.717) is 6.42 Å². The van der Waals surface area contributed by atoms with Crippen LogP contribution in [0.4, 0.5) is 0 Å². The maximum absolute atomic E-state index is 12.8. The summed E-state index contributed by atoms with van der Waals surface area (Å²) in [4.78, 5) is 12.8. The van der Waals surface area contributed by atoms with E-state index in [1.807, 2.05) is 6.08 Å². The van der Waals surface area contributed by atoms with E-state index in [9.17, 15) is 45.6 Å². The number of unbranched alkanes of at least 4 members (excludes halogenated alkanes) is 13. The van der Waals surface area contributed by atoms with Crippen LogP contribution in [0.3, 0.4) is 0 Å². The van der Waals surface area contributed by atoms with Crippen molar-refractivity contribution in [2.75, 3.05) is 19.8 Å². The van der Waals surface area contributed by atoms with E-state index in [1.165, 1.54) is 44.9 Å². The lowest BCUT2D eigenvalue weighted by molar-refractivity contribution is -0.359. The molecule has 0 aromatic carbocycles. The number of allylic oxidation sites excluding steroid dienone is 1. The number of ether oxygens (including phenoxy) is 4. The molecule has 0 spiro atoms. The Morgan fingerprint density at radius 3 is 1.84 bits per heavy atom. The molecule has 0 aromatic heterocycles. The zero-order chi connectivity index (χ0) is 36.9. The van der Waals surface area contributed by atoms with Crippen molar-refractivity contribution in [3.63, 3.8) is 0 Å². The molecule has 1 amide bonds. The predicted molar refractivity (Wildman–Crippen MR) is 185 cm³/mol. The van der Waals surface area contributed by atoms with Gasteiger partial charge in [-0.25, -0.2) is 0 Å². The minimum atomic E-state index is -1.78. The van der Waals surface area contributed by atoms with Gasteiger partial charge in [0.25, 0.3) is 0 Å². The molecular weight excluding hydrogens is 654 g/mol. The van der Waals surface area contributed by atoms with E-state index in [-0.39, 0.29) is 18.9 Å². The highest BCUT2D eigenvalue weighted by Crippen LogP contribution is 2.29. The highest BCUT2D eigenvalue weighted by atomic mass is 16.7. The number of rotatable bonds is 26. The molecule has 50 heavy (non-hydrogen) atoms. The van der Waals surface area contributed by atoms with Crippen LogP contribution in [0.25, 0.3) is 0 Å². The van der Waals surface area contributed by atoms with E-state index in [2.05, 4.69) is 19.2 Å². The quantitative estimate of drug-likeness (QED) is 0.0454. The summed E-state index contributed by atoms with van der Waals surface area (Å²) in [5.74, 6) is -0.257. The molecule has 2 fully saturated rings. The van der Waals surface area contributed by atoms with Crippen molar-refractivity contribution in [1.29, 1.82) is 0 Å². The molecular formula is C36H67NO13. The summed E-state index contributed by atoms with van der Waals surface area (Å²) in [6.45, 7) is 2.62. The molecule has 14 heteroatoms. The fourth-order valence-electron chi connectivity index (χ4n) is 6.23. The molecule has 0 aliphatic carbocycles. The Bertz CT molecular complexity index is 909. The molecule has 294 valence electrons. The number of aliphatic hydroxyl groups is 8. The zero-order valence-corrected chi connectivity index (χ0v) is 30.1. The van der Waals surface area contributed by atoms with Crippen molar-refractivity contribution in [3.8, 4) is 0 Å². The van der Waals surface area contributed by atoms with Gasteiger partial charge in [-0.15, -0.1) is 0 Å². The van der Waals surface area contributed by atoms with Gasteiger partial charge in [-0.05, 0) is 19.3 Å². The zero-order valence-electron chi connectivity index (χ0n) is 30.1. The van der Waals surface area contributed by atoms with Gasteiger partial charge >= 0.3 is 0 Å². The molecule has 12 unspecified atom stereocenters. The molecule has 0 aromatic rings. The first kappa shape index (κ1) is 44.9. The monoisotopic (exact) mass is 721 g/mol. The number of carbonyl (C=O) groups excluding carboxylic acids is 1. The third-order valence-corrected chi connectivity index (χ3v) is 9.47. The van der Waals surface area contributed by atoms with Crippen LogP contribution >= 0.6 is 0 Å². The van der Waals surface area contributed by atoms with Crippen LogP contribution in [-0.2, 0) is 23.7 Å². The fraction of sp³-hybridized carbons (Fsp3) is 0.917. The Hall–Kier alpha value is -1.27. The molecule has 0 bridgehead atoms. The molecule has 2 rings (SSSR count).